The third-order valence-electron chi connectivity index (χ3n) is 5.09. The summed E-state index contributed by atoms with van der Waals surface area (Å²) >= 11 is 0. The fourth-order valence-electron chi connectivity index (χ4n) is 3.40. The Morgan fingerprint density at radius 2 is 1.86 bits per heavy atom. The number of amides is 1. The second-order valence-electron chi connectivity index (χ2n) is 7.34. The molecule has 3 aromatic rings. The molecule has 1 atom stereocenters. The van der Waals surface area contributed by atoms with Crippen molar-refractivity contribution in [3.05, 3.63) is 88.9 Å². The molecule has 29 heavy (non-hydrogen) atoms. The average Bonchev–Trinajstić information content (AvgIpc) is 2.76. The maximum Gasteiger partial charge on any atom is 0.255 e. The minimum absolute atomic E-state index is 0.0678. The molecule has 0 unspecified atom stereocenters. The molecule has 6 nitrogen and oxygen atoms in total. The predicted molar refractivity (Wildman–Crippen MR) is 111 cm³/mol. The summed E-state index contributed by atoms with van der Waals surface area (Å²) in [6, 6.07) is 15.9. The zero-order valence-corrected chi connectivity index (χ0v) is 16.4. The molecular weight excluding hydrogens is 364 g/mol. The first kappa shape index (κ1) is 19.1. The average molecular weight is 388 g/mol. The van der Waals surface area contributed by atoms with E-state index < -0.39 is 0 Å². The number of anilines is 1. The summed E-state index contributed by atoms with van der Waals surface area (Å²) < 4.78 is 5.88. The lowest BCUT2D eigenvalue weighted by atomic mass is 10.0. The molecule has 2 N–H and O–H groups in total. The molecule has 0 spiro atoms. The zero-order valence-electron chi connectivity index (χ0n) is 16.4. The lowest BCUT2D eigenvalue weighted by molar-refractivity contribution is -0.0247. The van der Waals surface area contributed by atoms with Gasteiger partial charge in [-0.15, -0.1) is 0 Å². The van der Waals surface area contributed by atoms with E-state index in [0.29, 0.717) is 31.1 Å². The summed E-state index contributed by atoms with van der Waals surface area (Å²) in [5, 5.41) is 0. The maximum absolute atomic E-state index is 12.7. The number of nitrogens with zero attached hydrogens (tertiary/aromatic N) is 3. The van der Waals surface area contributed by atoms with Crippen LogP contribution in [0.3, 0.4) is 0 Å². The SMILES string of the molecule is Cc1ccc(Cc2ccc([C@H]3CN(C(=O)c4ccc(N)nc4)CCO3)nc2)cc1. The van der Waals surface area contributed by atoms with Crippen LogP contribution in [0.15, 0.2) is 60.9 Å². The van der Waals surface area contributed by atoms with Gasteiger partial charge in [0.15, 0.2) is 0 Å². The van der Waals surface area contributed by atoms with Gasteiger partial charge in [-0.05, 0) is 42.7 Å². The molecule has 4 rings (SSSR count). The van der Waals surface area contributed by atoms with Crippen molar-refractivity contribution >= 4 is 11.7 Å². The Labute approximate surface area is 170 Å². The van der Waals surface area contributed by atoms with Gasteiger partial charge < -0.3 is 15.4 Å². The second kappa shape index (κ2) is 8.41. The van der Waals surface area contributed by atoms with Gasteiger partial charge in [-0.25, -0.2) is 4.98 Å². The van der Waals surface area contributed by atoms with Crippen molar-refractivity contribution in [1.82, 2.24) is 14.9 Å². The van der Waals surface area contributed by atoms with Gasteiger partial charge in [0.25, 0.3) is 5.91 Å². The summed E-state index contributed by atoms with van der Waals surface area (Å²) in [7, 11) is 0. The maximum atomic E-state index is 12.7. The normalized spacial score (nSPS) is 16.6. The molecule has 6 heteroatoms. The van der Waals surface area contributed by atoms with Gasteiger partial charge in [0, 0.05) is 18.9 Å². The number of hydrogen-bond donors (Lipinski definition) is 1. The van der Waals surface area contributed by atoms with Crippen molar-refractivity contribution in [2.45, 2.75) is 19.4 Å². The van der Waals surface area contributed by atoms with Gasteiger partial charge in [-0.3, -0.25) is 9.78 Å². The van der Waals surface area contributed by atoms with Crippen molar-refractivity contribution in [2.24, 2.45) is 0 Å². The summed E-state index contributed by atoms with van der Waals surface area (Å²) in [4.78, 5) is 23.1. The quantitative estimate of drug-likeness (QED) is 0.742. The van der Waals surface area contributed by atoms with Crippen LogP contribution in [0.4, 0.5) is 5.82 Å². The fraction of sp³-hybridized carbons (Fsp3) is 0.261. The Hall–Kier alpha value is -3.25. The van der Waals surface area contributed by atoms with Crippen molar-refractivity contribution in [3.63, 3.8) is 0 Å². The molecule has 1 amide bonds. The van der Waals surface area contributed by atoms with Crippen molar-refractivity contribution in [2.75, 3.05) is 25.4 Å². The smallest absolute Gasteiger partial charge is 0.255 e. The van der Waals surface area contributed by atoms with Crippen LogP contribution in [-0.4, -0.2) is 40.5 Å². The lowest BCUT2D eigenvalue weighted by Gasteiger charge is -2.32. The molecule has 0 radical (unpaired) electrons. The topological polar surface area (TPSA) is 81.3 Å². The first-order chi connectivity index (χ1) is 14.1. The van der Waals surface area contributed by atoms with Crippen LogP contribution in [0.2, 0.25) is 0 Å². The zero-order chi connectivity index (χ0) is 20.2. The van der Waals surface area contributed by atoms with Crippen LogP contribution < -0.4 is 5.73 Å². The first-order valence-electron chi connectivity index (χ1n) is 9.71. The number of morpholine rings is 1. The summed E-state index contributed by atoms with van der Waals surface area (Å²) in [6.45, 7) is 3.58. The number of ether oxygens (including phenoxy) is 1. The molecule has 3 heterocycles. The number of rotatable bonds is 4. The minimum Gasteiger partial charge on any atom is -0.384 e. The lowest BCUT2D eigenvalue weighted by Crippen LogP contribution is -2.42. The Morgan fingerprint density at radius 1 is 1.07 bits per heavy atom. The Bertz CT molecular complexity index is 969. The molecule has 1 saturated heterocycles. The predicted octanol–water partition coefficient (Wildman–Crippen LogP) is 3.17. The van der Waals surface area contributed by atoms with E-state index in [4.69, 9.17) is 10.5 Å². The second-order valence-corrected chi connectivity index (χ2v) is 7.34. The Morgan fingerprint density at radius 3 is 2.55 bits per heavy atom. The first-order valence-corrected chi connectivity index (χ1v) is 9.71. The molecule has 148 valence electrons. The number of nitrogen functional groups attached to an aromatic ring is 1. The number of hydrogen-bond acceptors (Lipinski definition) is 5. The fourth-order valence-corrected chi connectivity index (χ4v) is 3.40. The molecule has 0 saturated carbocycles. The third kappa shape index (κ3) is 4.60. The third-order valence-corrected chi connectivity index (χ3v) is 5.09. The van der Waals surface area contributed by atoms with E-state index in [9.17, 15) is 4.79 Å². The van der Waals surface area contributed by atoms with Crippen LogP contribution in [0.25, 0.3) is 0 Å². The molecule has 2 aromatic heterocycles. The molecule has 1 aliphatic heterocycles. The van der Waals surface area contributed by atoms with E-state index in [-0.39, 0.29) is 12.0 Å². The van der Waals surface area contributed by atoms with Crippen LogP contribution in [0.1, 0.15) is 38.8 Å². The summed E-state index contributed by atoms with van der Waals surface area (Å²) in [5.41, 5.74) is 10.6. The van der Waals surface area contributed by atoms with Crippen molar-refractivity contribution < 1.29 is 9.53 Å². The molecule has 0 bridgehead atoms. The molecule has 1 fully saturated rings. The largest absolute Gasteiger partial charge is 0.384 e. The number of aromatic nitrogens is 2. The molecular formula is C23H24N4O2. The van der Waals surface area contributed by atoms with Crippen LogP contribution in [-0.2, 0) is 11.2 Å². The molecule has 1 aromatic carbocycles. The number of benzene rings is 1. The van der Waals surface area contributed by atoms with E-state index >= 15 is 0 Å². The van der Waals surface area contributed by atoms with E-state index in [1.54, 1.807) is 17.0 Å². The molecule has 0 aliphatic carbocycles. The van der Waals surface area contributed by atoms with Gasteiger partial charge in [-0.1, -0.05) is 35.9 Å². The Kier molecular flexibility index (Phi) is 5.53. The number of carbonyl (C=O) groups is 1. The Balaban J connectivity index is 1.42. The van der Waals surface area contributed by atoms with Crippen molar-refractivity contribution in [1.29, 1.82) is 0 Å². The number of pyridine rings is 2. The number of aryl methyl sites for hydroxylation is 1. The van der Waals surface area contributed by atoms with Gasteiger partial charge >= 0.3 is 0 Å². The van der Waals surface area contributed by atoms with E-state index in [2.05, 4.69) is 47.2 Å². The van der Waals surface area contributed by atoms with E-state index in [1.165, 1.54) is 17.3 Å². The minimum atomic E-state index is -0.233. The van der Waals surface area contributed by atoms with Gasteiger partial charge in [0.2, 0.25) is 0 Å². The standard InChI is InChI=1S/C23H24N4O2/c1-16-2-4-17(5-3-16)12-18-6-8-20(25-13-18)21-15-27(10-11-29-21)23(28)19-7-9-22(24)26-14-19/h2-9,13-14,21H,10-12,15H2,1H3,(H2,24,26)/t21-/m1/s1. The van der Waals surface area contributed by atoms with E-state index in [1.807, 2.05) is 12.3 Å². The highest BCUT2D eigenvalue weighted by Gasteiger charge is 2.27. The van der Waals surface area contributed by atoms with Gasteiger partial charge in [-0.2, -0.15) is 0 Å². The number of carbonyl (C=O) groups excluding carboxylic acids is 1. The van der Waals surface area contributed by atoms with Crippen LogP contribution >= 0.6 is 0 Å². The monoisotopic (exact) mass is 388 g/mol. The summed E-state index contributed by atoms with van der Waals surface area (Å²) in [5.74, 6) is 0.332. The summed E-state index contributed by atoms with van der Waals surface area (Å²) in [6.07, 6.45) is 4.01. The van der Waals surface area contributed by atoms with Crippen LogP contribution in [0, 0.1) is 6.92 Å². The molecule has 1 aliphatic rings. The highest BCUT2D eigenvalue weighted by Crippen LogP contribution is 2.22. The highest BCUT2D eigenvalue weighted by atomic mass is 16.5. The van der Waals surface area contributed by atoms with Crippen molar-refractivity contribution in [3.8, 4) is 0 Å². The van der Waals surface area contributed by atoms with E-state index in [0.717, 1.165) is 17.7 Å². The number of nitrogens with two attached hydrogens (primary N) is 1. The van der Waals surface area contributed by atoms with Gasteiger partial charge in [0.1, 0.15) is 11.9 Å². The van der Waals surface area contributed by atoms with Crippen LogP contribution in [0.5, 0.6) is 0 Å². The van der Waals surface area contributed by atoms with Gasteiger partial charge in [0.05, 0.1) is 24.4 Å². The highest BCUT2D eigenvalue weighted by molar-refractivity contribution is 5.94.